The van der Waals surface area contributed by atoms with Gasteiger partial charge in [-0.1, -0.05) is 25.9 Å². The molecule has 1 unspecified atom stereocenters. The van der Waals surface area contributed by atoms with Crippen molar-refractivity contribution in [2.45, 2.75) is 40.2 Å². The van der Waals surface area contributed by atoms with Crippen LogP contribution in [0.4, 0.5) is 0 Å². The highest BCUT2D eigenvalue weighted by Crippen LogP contribution is 2.17. The highest BCUT2D eigenvalue weighted by molar-refractivity contribution is 5.89. The molecule has 0 aromatic heterocycles. The van der Waals surface area contributed by atoms with E-state index in [2.05, 4.69) is 10.5 Å². The van der Waals surface area contributed by atoms with E-state index in [1.165, 1.54) is 0 Å². The van der Waals surface area contributed by atoms with Gasteiger partial charge in [0.05, 0.1) is 6.04 Å². The largest absolute Gasteiger partial charge is 0.409 e. The summed E-state index contributed by atoms with van der Waals surface area (Å²) >= 11 is 0. The zero-order valence-electron chi connectivity index (χ0n) is 9.16. The summed E-state index contributed by atoms with van der Waals surface area (Å²) in [6.07, 6.45) is 0.413. The summed E-state index contributed by atoms with van der Waals surface area (Å²) in [5, 5.41) is 13.8. The molecule has 0 rings (SSSR count). The van der Waals surface area contributed by atoms with Gasteiger partial charge in [0, 0.05) is 6.42 Å². The molecule has 0 spiro atoms. The summed E-state index contributed by atoms with van der Waals surface area (Å²) in [4.78, 5) is 11.4. The van der Waals surface area contributed by atoms with Crippen LogP contribution in [0.15, 0.2) is 5.16 Å². The van der Waals surface area contributed by atoms with Crippen molar-refractivity contribution in [1.29, 1.82) is 0 Å². The second kappa shape index (κ2) is 4.83. The molecule has 1 atom stereocenters. The minimum atomic E-state index is -0.435. The number of hydrogen-bond donors (Lipinski definition) is 3. The number of nitrogens with two attached hydrogens (primary N) is 1. The van der Waals surface area contributed by atoms with Crippen LogP contribution >= 0.6 is 0 Å². The minimum Gasteiger partial charge on any atom is -0.409 e. The maximum absolute atomic E-state index is 11.4. The second-order valence-electron chi connectivity index (χ2n) is 4.55. The first-order chi connectivity index (χ1) is 6.26. The lowest BCUT2D eigenvalue weighted by Gasteiger charge is -2.19. The monoisotopic (exact) mass is 201 g/mol. The van der Waals surface area contributed by atoms with E-state index in [0.29, 0.717) is 6.42 Å². The van der Waals surface area contributed by atoms with Crippen molar-refractivity contribution >= 4 is 11.7 Å². The summed E-state index contributed by atoms with van der Waals surface area (Å²) < 4.78 is 0. The molecule has 0 saturated carbocycles. The Bertz CT molecular complexity index is 231. The van der Waals surface area contributed by atoms with Gasteiger partial charge in [-0.25, -0.2) is 0 Å². The molecule has 0 aliphatic heterocycles. The molecule has 0 aromatic rings. The fourth-order valence-electron chi connectivity index (χ4n) is 0.935. The van der Waals surface area contributed by atoms with Crippen molar-refractivity contribution in [3.8, 4) is 0 Å². The van der Waals surface area contributed by atoms with Crippen LogP contribution in [-0.4, -0.2) is 23.0 Å². The lowest BCUT2D eigenvalue weighted by atomic mass is 9.92. The number of oxime groups is 1. The second-order valence-corrected chi connectivity index (χ2v) is 4.55. The van der Waals surface area contributed by atoms with Crippen molar-refractivity contribution in [2.24, 2.45) is 16.3 Å². The molecule has 82 valence electrons. The van der Waals surface area contributed by atoms with Crippen molar-refractivity contribution in [1.82, 2.24) is 5.32 Å². The maximum atomic E-state index is 11.4. The van der Waals surface area contributed by atoms with Gasteiger partial charge >= 0.3 is 0 Å². The normalized spacial score (nSPS) is 15.0. The first-order valence-corrected chi connectivity index (χ1v) is 4.53. The van der Waals surface area contributed by atoms with Crippen molar-refractivity contribution in [2.75, 3.05) is 0 Å². The number of hydrogen-bond acceptors (Lipinski definition) is 3. The summed E-state index contributed by atoms with van der Waals surface area (Å²) in [6.45, 7) is 7.58. The number of amides is 1. The Morgan fingerprint density at radius 3 is 2.43 bits per heavy atom. The molecule has 0 heterocycles. The number of nitrogens with one attached hydrogen (secondary N) is 1. The smallest absolute Gasteiger partial charge is 0.221 e. The summed E-state index contributed by atoms with van der Waals surface area (Å²) in [6, 6.07) is -0.435. The van der Waals surface area contributed by atoms with Gasteiger partial charge in [-0.15, -0.1) is 0 Å². The predicted octanol–water partition coefficient (Wildman–Crippen LogP) is 0.674. The van der Waals surface area contributed by atoms with E-state index in [4.69, 9.17) is 10.9 Å². The lowest BCUT2D eigenvalue weighted by Crippen LogP contribution is -2.43. The van der Waals surface area contributed by atoms with Crippen molar-refractivity contribution < 1.29 is 10.0 Å². The Morgan fingerprint density at radius 2 is 2.07 bits per heavy atom. The van der Waals surface area contributed by atoms with Gasteiger partial charge in [-0.2, -0.15) is 0 Å². The molecule has 14 heavy (non-hydrogen) atoms. The number of carbonyl (C=O) groups is 1. The Hall–Kier alpha value is -1.26. The molecule has 0 saturated heterocycles. The van der Waals surface area contributed by atoms with Gasteiger partial charge in [-0.3, -0.25) is 4.79 Å². The van der Waals surface area contributed by atoms with Crippen LogP contribution in [0.2, 0.25) is 0 Å². The minimum absolute atomic E-state index is 0.00672. The van der Waals surface area contributed by atoms with E-state index in [9.17, 15) is 4.79 Å². The molecule has 0 radical (unpaired) electrons. The van der Waals surface area contributed by atoms with E-state index in [0.717, 1.165) is 0 Å². The first-order valence-electron chi connectivity index (χ1n) is 4.53. The van der Waals surface area contributed by atoms with Crippen LogP contribution in [0.3, 0.4) is 0 Å². The van der Waals surface area contributed by atoms with Gasteiger partial charge < -0.3 is 16.3 Å². The quantitative estimate of drug-likeness (QED) is 0.271. The molecule has 0 fully saturated rings. The van der Waals surface area contributed by atoms with E-state index in [-0.39, 0.29) is 17.2 Å². The van der Waals surface area contributed by atoms with Gasteiger partial charge in [0.2, 0.25) is 5.91 Å². The maximum Gasteiger partial charge on any atom is 0.221 e. The van der Waals surface area contributed by atoms with Gasteiger partial charge in [-0.05, 0) is 12.3 Å². The standard InChI is InChI=1S/C9H19N3O2/c1-6(8(10)12-14)11-7(13)5-9(2,3)4/h6,14H,5H2,1-4H3,(H2,10,12)(H,11,13). The fourth-order valence-corrected chi connectivity index (χ4v) is 0.935. The Kier molecular flexibility index (Phi) is 4.40. The average Bonchev–Trinajstić information content (AvgIpc) is 1.99. The van der Waals surface area contributed by atoms with Crippen LogP contribution < -0.4 is 11.1 Å². The summed E-state index contributed by atoms with van der Waals surface area (Å²) in [5.41, 5.74) is 5.25. The van der Waals surface area contributed by atoms with Crippen molar-refractivity contribution in [3.63, 3.8) is 0 Å². The molecule has 0 aliphatic rings. The van der Waals surface area contributed by atoms with Crippen LogP contribution in [0, 0.1) is 5.41 Å². The molecule has 0 aromatic carbocycles. The highest BCUT2D eigenvalue weighted by atomic mass is 16.4. The fraction of sp³-hybridized carbons (Fsp3) is 0.778. The Morgan fingerprint density at radius 1 is 1.57 bits per heavy atom. The van der Waals surface area contributed by atoms with Crippen LogP contribution in [0.1, 0.15) is 34.1 Å². The molecule has 5 heteroatoms. The van der Waals surface area contributed by atoms with E-state index in [1.807, 2.05) is 20.8 Å². The van der Waals surface area contributed by atoms with Gasteiger partial charge in [0.1, 0.15) is 0 Å². The average molecular weight is 201 g/mol. The van der Waals surface area contributed by atoms with E-state index < -0.39 is 6.04 Å². The van der Waals surface area contributed by atoms with E-state index >= 15 is 0 Å². The topological polar surface area (TPSA) is 87.7 Å². The zero-order chi connectivity index (χ0) is 11.4. The molecular weight excluding hydrogens is 182 g/mol. The molecule has 1 amide bonds. The Balaban J connectivity index is 4.08. The number of nitrogens with zero attached hydrogens (tertiary/aromatic N) is 1. The van der Waals surface area contributed by atoms with Gasteiger partial charge in [0.15, 0.2) is 5.84 Å². The van der Waals surface area contributed by atoms with Gasteiger partial charge in [0.25, 0.3) is 0 Å². The zero-order valence-corrected chi connectivity index (χ0v) is 9.16. The van der Waals surface area contributed by atoms with Crippen LogP contribution in [0.5, 0.6) is 0 Å². The van der Waals surface area contributed by atoms with Crippen LogP contribution in [0.25, 0.3) is 0 Å². The molecule has 0 aliphatic carbocycles. The Labute approximate surface area is 84.4 Å². The molecule has 4 N–H and O–H groups in total. The first kappa shape index (κ1) is 12.7. The third-order valence-corrected chi connectivity index (χ3v) is 1.63. The third-order valence-electron chi connectivity index (χ3n) is 1.63. The van der Waals surface area contributed by atoms with Crippen LogP contribution in [-0.2, 0) is 4.79 Å². The molecule has 0 bridgehead atoms. The SMILES string of the molecule is CC(NC(=O)CC(C)(C)C)/C(N)=N/O. The highest BCUT2D eigenvalue weighted by Gasteiger charge is 2.18. The van der Waals surface area contributed by atoms with E-state index in [1.54, 1.807) is 6.92 Å². The molecule has 5 nitrogen and oxygen atoms in total. The number of carbonyl (C=O) groups excluding carboxylic acids is 1. The lowest BCUT2D eigenvalue weighted by molar-refractivity contribution is -0.123. The molecular formula is C9H19N3O2. The number of rotatable bonds is 3. The third kappa shape index (κ3) is 5.40. The summed E-state index contributed by atoms with van der Waals surface area (Å²) in [5.74, 6) is -0.0936. The van der Waals surface area contributed by atoms with Crippen molar-refractivity contribution in [3.05, 3.63) is 0 Å². The number of amidine groups is 1. The summed E-state index contributed by atoms with van der Waals surface area (Å²) in [7, 11) is 0. The predicted molar refractivity (Wildman–Crippen MR) is 55.1 cm³/mol.